The fourth-order valence-electron chi connectivity index (χ4n) is 6.00. The number of nitrogens with one attached hydrogen (secondary N) is 1. The molecule has 8 nitrogen and oxygen atoms in total. The minimum atomic E-state index is 0.328. The van der Waals surface area contributed by atoms with Gasteiger partial charge in [0.1, 0.15) is 0 Å². The Hall–Kier alpha value is -3.65. The van der Waals surface area contributed by atoms with Crippen molar-refractivity contribution in [3.8, 4) is 22.6 Å². The molecule has 35 heavy (non-hydrogen) atoms. The number of rotatable bonds is 5. The third kappa shape index (κ3) is 3.97. The van der Waals surface area contributed by atoms with Crippen LogP contribution >= 0.6 is 0 Å². The summed E-state index contributed by atoms with van der Waals surface area (Å²) in [6, 6.07) is 13.0. The van der Waals surface area contributed by atoms with Crippen LogP contribution in [0.5, 0.6) is 11.5 Å². The minimum absolute atomic E-state index is 0.328. The van der Waals surface area contributed by atoms with Crippen LogP contribution in [0.15, 0.2) is 55.0 Å². The summed E-state index contributed by atoms with van der Waals surface area (Å²) in [5.41, 5.74) is 4.41. The average molecular weight is 469 g/mol. The van der Waals surface area contributed by atoms with Crippen molar-refractivity contribution < 1.29 is 9.47 Å². The highest BCUT2D eigenvalue weighted by molar-refractivity contribution is 5.83. The summed E-state index contributed by atoms with van der Waals surface area (Å²) in [6.07, 6.45) is 8.20. The molecular formula is C27H28N6O2. The molecule has 3 aliphatic rings. The molecule has 1 aliphatic carbocycles. The molecule has 0 radical (unpaired) electrons. The van der Waals surface area contributed by atoms with Crippen molar-refractivity contribution >= 4 is 16.9 Å². The number of ether oxygens (including phenoxy) is 2. The van der Waals surface area contributed by atoms with Crippen LogP contribution in [0.25, 0.3) is 22.0 Å². The highest BCUT2D eigenvalue weighted by atomic mass is 16.7. The van der Waals surface area contributed by atoms with E-state index >= 15 is 0 Å². The molecule has 4 heterocycles. The zero-order valence-electron chi connectivity index (χ0n) is 19.7. The third-order valence-electron chi connectivity index (χ3n) is 7.61. The first-order chi connectivity index (χ1) is 17.2. The zero-order valence-corrected chi connectivity index (χ0v) is 19.7. The number of fused-ring (bicyclic) bond motifs is 3. The maximum absolute atomic E-state index is 5.53. The van der Waals surface area contributed by atoms with Gasteiger partial charge in [0.05, 0.1) is 5.52 Å². The van der Waals surface area contributed by atoms with Crippen molar-refractivity contribution in [1.82, 2.24) is 24.6 Å². The van der Waals surface area contributed by atoms with Gasteiger partial charge in [-0.25, -0.2) is 9.97 Å². The summed E-state index contributed by atoms with van der Waals surface area (Å²) < 4.78 is 12.8. The van der Waals surface area contributed by atoms with Crippen LogP contribution in [0, 0.1) is 11.8 Å². The number of anilines is 1. The average Bonchev–Trinajstić information content (AvgIpc) is 3.61. The van der Waals surface area contributed by atoms with Crippen LogP contribution in [-0.4, -0.2) is 50.6 Å². The van der Waals surface area contributed by atoms with Gasteiger partial charge in [0.25, 0.3) is 0 Å². The van der Waals surface area contributed by atoms with Gasteiger partial charge in [-0.15, -0.1) is 0 Å². The number of hydrogen-bond donors (Lipinski definition) is 1. The Kier molecular flexibility index (Phi) is 4.87. The molecule has 2 aliphatic heterocycles. The van der Waals surface area contributed by atoms with Crippen molar-refractivity contribution in [3.63, 3.8) is 0 Å². The third-order valence-corrected chi connectivity index (χ3v) is 7.61. The second-order valence-corrected chi connectivity index (χ2v) is 10.1. The van der Waals surface area contributed by atoms with E-state index in [0.29, 0.717) is 12.8 Å². The Labute approximate surface area is 203 Å². The van der Waals surface area contributed by atoms with Gasteiger partial charge in [0.15, 0.2) is 11.5 Å². The van der Waals surface area contributed by atoms with Crippen molar-refractivity contribution in [2.75, 3.05) is 25.2 Å². The first kappa shape index (κ1) is 20.7. The summed E-state index contributed by atoms with van der Waals surface area (Å²) in [5.74, 6) is 3.90. The molecule has 178 valence electrons. The summed E-state index contributed by atoms with van der Waals surface area (Å²) in [6.45, 7) is 3.59. The highest BCUT2D eigenvalue weighted by Crippen LogP contribution is 2.40. The molecule has 2 fully saturated rings. The largest absolute Gasteiger partial charge is 0.454 e. The van der Waals surface area contributed by atoms with Gasteiger partial charge in [-0.3, -0.25) is 9.58 Å². The molecule has 0 spiro atoms. The van der Waals surface area contributed by atoms with E-state index < -0.39 is 0 Å². The lowest BCUT2D eigenvalue weighted by Crippen LogP contribution is -2.25. The Morgan fingerprint density at radius 3 is 2.57 bits per heavy atom. The highest BCUT2D eigenvalue weighted by Gasteiger charge is 2.41. The molecule has 2 aromatic carbocycles. The second kappa shape index (κ2) is 8.23. The van der Waals surface area contributed by atoms with Crippen LogP contribution in [0.3, 0.4) is 0 Å². The Balaban J connectivity index is 0.953. The standard InChI is InChI=1S/C27H28N6O2/c1-32-13-21-7-18(3-4-24(21)31-32)22-10-28-27(29-11-22)30-23-8-19-14-33(15-20(19)9-23)12-17-2-5-25-26(6-17)35-16-34-25/h2-7,10-11,13,19-20,23H,8-9,12,14-16H2,1H3,(H,28,29,30)/t19-,20+,23+. The molecule has 1 saturated heterocycles. The van der Waals surface area contributed by atoms with Gasteiger partial charge in [-0.2, -0.15) is 5.10 Å². The van der Waals surface area contributed by atoms with Crippen molar-refractivity contribution in [3.05, 3.63) is 60.6 Å². The molecular weight excluding hydrogens is 440 g/mol. The topological polar surface area (TPSA) is 77.3 Å². The monoisotopic (exact) mass is 468 g/mol. The van der Waals surface area contributed by atoms with Gasteiger partial charge in [0, 0.05) is 62.3 Å². The van der Waals surface area contributed by atoms with Crippen LogP contribution < -0.4 is 14.8 Å². The van der Waals surface area contributed by atoms with E-state index in [-0.39, 0.29) is 0 Å². The van der Waals surface area contributed by atoms with Crippen molar-refractivity contribution in [2.45, 2.75) is 25.4 Å². The molecule has 0 amide bonds. The predicted molar refractivity (Wildman–Crippen MR) is 133 cm³/mol. The molecule has 1 N–H and O–H groups in total. The minimum Gasteiger partial charge on any atom is -0.454 e. The molecule has 0 unspecified atom stereocenters. The van der Waals surface area contributed by atoms with Gasteiger partial charge in [0.2, 0.25) is 12.7 Å². The number of aryl methyl sites for hydroxylation is 1. The van der Waals surface area contributed by atoms with Gasteiger partial charge in [-0.1, -0.05) is 12.1 Å². The molecule has 8 heteroatoms. The quantitative estimate of drug-likeness (QED) is 0.473. The van der Waals surface area contributed by atoms with E-state index in [1.165, 1.54) is 18.4 Å². The number of nitrogens with zero attached hydrogens (tertiary/aromatic N) is 5. The fourth-order valence-corrected chi connectivity index (χ4v) is 6.00. The van der Waals surface area contributed by atoms with Crippen molar-refractivity contribution in [2.24, 2.45) is 18.9 Å². The molecule has 1 saturated carbocycles. The van der Waals surface area contributed by atoms with E-state index in [9.17, 15) is 0 Å². The first-order valence-electron chi connectivity index (χ1n) is 12.3. The van der Waals surface area contributed by atoms with E-state index in [1.54, 1.807) is 0 Å². The van der Waals surface area contributed by atoms with E-state index in [1.807, 2.05) is 42.5 Å². The molecule has 2 aromatic heterocycles. The smallest absolute Gasteiger partial charge is 0.231 e. The lowest BCUT2D eigenvalue weighted by atomic mass is 10.0. The SMILES string of the molecule is Cn1cc2cc(-c3cnc(N[C@H]4C[C@@H]5CN(Cc6ccc7c(c6)OCO7)C[C@@H]5C4)nc3)ccc2n1. The Bertz CT molecular complexity index is 1370. The van der Waals surface area contributed by atoms with Gasteiger partial charge < -0.3 is 14.8 Å². The number of benzene rings is 2. The van der Waals surface area contributed by atoms with Crippen LogP contribution in [0.4, 0.5) is 5.95 Å². The number of hydrogen-bond acceptors (Lipinski definition) is 7. The summed E-state index contributed by atoms with van der Waals surface area (Å²) in [5, 5.41) is 9.16. The van der Waals surface area contributed by atoms with E-state index in [4.69, 9.17) is 9.47 Å². The zero-order chi connectivity index (χ0) is 23.4. The molecule has 0 bridgehead atoms. The lowest BCUT2D eigenvalue weighted by Gasteiger charge is -2.20. The maximum atomic E-state index is 5.53. The van der Waals surface area contributed by atoms with Crippen molar-refractivity contribution in [1.29, 1.82) is 0 Å². The van der Waals surface area contributed by atoms with Gasteiger partial charge in [-0.05, 0) is 60.1 Å². The fraction of sp³-hybridized carbons (Fsp3) is 0.370. The van der Waals surface area contributed by atoms with Crippen LogP contribution in [0.2, 0.25) is 0 Å². The first-order valence-corrected chi connectivity index (χ1v) is 12.3. The Morgan fingerprint density at radius 1 is 0.943 bits per heavy atom. The summed E-state index contributed by atoms with van der Waals surface area (Å²) >= 11 is 0. The molecule has 4 aromatic rings. The Morgan fingerprint density at radius 2 is 1.74 bits per heavy atom. The molecule has 7 rings (SSSR count). The normalized spacial score (nSPS) is 23.2. The summed E-state index contributed by atoms with van der Waals surface area (Å²) in [4.78, 5) is 11.8. The lowest BCUT2D eigenvalue weighted by molar-refractivity contribution is 0.174. The van der Waals surface area contributed by atoms with E-state index in [0.717, 1.165) is 70.9 Å². The summed E-state index contributed by atoms with van der Waals surface area (Å²) in [7, 11) is 1.94. The van der Waals surface area contributed by atoms with Crippen LogP contribution in [0.1, 0.15) is 18.4 Å². The maximum Gasteiger partial charge on any atom is 0.231 e. The second-order valence-electron chi connectivity index (χ2n) is 10.1. The molecule has 3 atom stereocenters. The number of aromatic nitrogens is 4. The van der Waals surface area contributed by atoms with E-state index in [2.05, 4.69) is 49.5 Å². The predicted octanol–water partition coefficient (Wildman–Crippen LogP) is 4.08. The van der Waals surface area contributed by atoms with Crippen LogP contribution in [-0.2, 0) is 13.6 Å². The number of likely N-dealkylation sites (tertiary alicyclic amines) is 1. The van der Waals surface area contributed by atoms with Gasteiger partial charge >= 0.3 is 0 Å².